The number of alkyl halides is 1. The number of likely N-dealkylation sites (tertiary alicyclic amines) is 1. The molecule has 0 bridgehead atoms. The average Bonchev–Trinajstić information content (AvgIpc) is 2.52. The molecule has 3 heteroatoms. The van der Waals surface area contributed by atoms with E-state index in [1.165, 1.54) is 12.8 Å². The van der Waals surface area contributed by atoms with Crippen LogP contribution in [-0.4, -0.2) is 29.2 Å². The number of halogens is 1. The van der Waals surface area contributed by atoms with Gasteiger partial charge in [-0.15, -0.1) is 0 Å². The molecule has 1 aliphatic rings. The fourth-order valence-electron chi connectivity index (χ4n) is 1.93. The van der Waals surface area contributed by atoms with Gasteiger partial charge in [-0.2, -0.15) is 0 Å². The van der Waals surface area contributed by atoms with E-state index >= 15 is 0 Å². The van der Waals surface area contributed by atoms with E-state index in [0.29, 0.717) is 18.2 Å². The minimum atomic E-state index is 0.345. The van der Waals surface area contributed by atoms with Crippen molar-refractivity contribution in [2.24, 2.45) is 11.8 Å². The Bertz CT molecular complexity index is 194. The molecule has 0 saturated carbocycles. The summed E-state index contributed by atoms with van der Waals surface area (Å²) in [4.78, 5) is 13.8. The third-order valence-corrected chi connectivity index (χ3v) is 3.20. The van der Waals surface area contributed by atoms with Gasteiger partial charge in [0.15, 0.2) is 0 Å². The summed E-state index contributed by atoms with van der Waals surface area (Å²) in [6.07, 6.45) is 3.10. The van der Waals surface area contributed by atoms with Gasteiger partial charge < -0.3 is 4.90 Å². The number of hydrogen-bond donors (Lipinski definition) is 0. The molecule has 1 rings (SSSR count). The van der Waals surface area contributed by atoms with Crippen molar-refractivity contribution in [2.75, 3.05) is 18.4 Å². The predicted octanol–water partition coefficient (Wildman–Crippen LogP) is 2.67. The average molecular weight is 262 g/mol. The number of carbonyl (C=O) groups excluding carboxylic acids is 1. The fourth-order valence-corrected chi connectivity index (χ4v) is 2.57. The van der Waals surface area contributed by atoms with Crippen molar-refractivity contribution in [3.63, 3.8) is 0 Å². The lowest BCUT2D eigenvalue weighted by atomic mass is 10.1. The van der Waals surface area contributed by atoms with Crippen LogP contribution in [0.1, 0.15) is 33.1 Å². The first-order valence-electron chi connectivity index (χ1n) is 5.47. The molecule has 0 aromatic rings. The van der Waals surface area contributed by atoms with Crippen LogP contribution in [0.5, 0.6) is 0 Å². The fraction of sp³-hybridized carbons (Fsp3) is 0.909. The molecule has 1 heterocycles. The zero-order valence-electron chi connectivity index (χ0n) is 9.13. The van der Waals surface area contributed by atoms with Crippen molar-refractivity contribution in [1.29, 1.82) is 0 Å². The van der Waals surface area contributed by atoms with Gasteiger partial charge in [-0.05, 0) is 24.7 Å². The van der Waals surface area contributed by atoms with Crippen molar-refractivity contribution in [3.05, 3.63) is 0 Å². The minimum Gasteiger partial charge on any atom is -0.342 e. The first kappa shape index (κ1) is 12.0. The van der Waals surface area contributed by atoms with Crippen LogP contribution in [0.25, 0.3) is 0 Å². The molecule has 14 heavy (non-hydrogen) atoms. The summed E-state index contributed by atoms with van der Waals surface area (Å²) in [5.41, 5.74) is 0. The molecule has 1 unspecified atom stereocenters. The summed E-state index contributed by atoms with van der Waals surface area (Å²) in [5.74, 6) is 1.56. The van der Waals surface area contributed by atoms with Gasteiger partial charge in [-0.3, -0.25) is 4.79 Å². The highest BCUT2D eigenvalue weighted by molar-refractivity contribution is 9.09. The summed E-state index contributed by atoms with van der Waals surface area (Å²) in [5, 5.41) is 1.06. The molecule has 1 amide bonds. The molecule has 1 atom stereocenters. The minimum absolute atomic E-state index is 0.345. The highest BCUT2D eigenvalue weighted by atomic mass is 79.9. The number of hydrogen-bond acceptors (Lipinski definition) is 1. The Labute approximate surface area is 95.2 Å². The van der Waals surface area contributed by atoms with E-state index in [1.54, 1.807) is 0 Å². The van der Waals surface area contributed by atoms with Crippen LogP contribution in [0.3, 0.4) is 0 Å². The number of amides is 1. The summed E-state index contributed by atoms with van der Waals surface area (Å²) in [6.45, 7) is 6.16. The van der Waals surface area contributed by atoms with Crippen LogP contribution in [0, 0.1) is 11.8 Å². The van der Waals surface area contributed by atoms with Gasteiger partial charge >= 0.3 is 0 Å². The zero-order valence-corrected chi connectivity index (χ0v) is 10.7. The van der Waals surface area contributed by atoms with Crippen molar-refractivity contribution in [3.8, 4) is 0 Å². The number of carbonyl (C=O) groups is 1. The van der Waals surface area contributed by atoms with Crippen LogP contribution in [-0.2, 0) is 4.79 Å². The summed E-state index contributed by atoms with van der Waals surface area (Å²) < 4.78 is 0. The second kappa shape index (κ2) is 5.74. The summed E-state index contributed by atoms with van der Waals surface area (Å²) in [6, 6.07) is 0. The van der Waals surface area contributed by atoms with Crippen molar-refractivity contribution >= 4 is 21.8 Å². The molecule has 1 fully saturated rings. The van der Waals surface area contributed by atoms with Crippen molar-refractivity contribution < 1.29 is 4.79 Å². The second-order valence-electron chi connectivity index (χ2n) is 4.57. The lowest BCUT2D eigenvalue weighted by Gasteiger charge is -2.17. The molecule has 0 spiro atoms. The maximum Gasteiger partial charge on any atom is 0.222 e. The quantitative estimate of drug-likeness (QED) is 0.713. The molecule has 2 nitrogen and oxygen atoms in total. The van der Waals surface area contributed by atoms with Crippen LogP contribution >= 0.6 is 15.9 Å². The maximum atomic E-state index is 11.7. The van der Waals surface area contributed by atoms with E-state index in [1.807, 2.05) is 4.90 Å². The van der Waals surface area contributed by atoms with E-state index in [-0.39, 0.29) is 0 Å². The lowest BCUT2D eigenvalue weighted by Crippen LogP contribution is -2.29. The molecule has 1 aliphatic heterocycles. The standard InChI is InChI=1S/C11H20BrNO/c1-9(2)7-11(14)13-6-4-10(8-13)3-5-12/h9-10H,3-8H2,1-2H3. The SMILES string of the molecule is CC(C)CC(=O)N1CCC(CCBr)C1. The normalized spacial score (nSPS) is 22.0. The van der Waals surface area contributed by atoms with Gasteiger partial charge in [0.05, 0.1) is 0 Å². The Kier molecular flexibility index (Phi) is 4.93. The molecule has 1 saturated heterocycles. The Hall–Kier alpha value is -0.0500. The number of nitrogens with zero attached hydrogens (tertiary/aromatic N) is 1. The molecule has 0 radical (unpaired) electrons. The van der Waals surface area contributed by atoms with Gasteiger partial charge in [0.1, 0.15) is 0 Å². The highest BCUT2D eigenvalue weighted by Crippen LogP contribution is 2.21. The molecule has 0 aromatic carbocycles. The van der Waals surface area contributed by atoms with Crippen LogP contribution < -0.4 is 0 Å². The van der Waals surface area contributed by atoms with E-state index in [4.69, 9.17) is 0 Å². The molecule has 0 aromatic heterocycles. The van der Waals surface area contributed by atoms with Crippen molar-refractivity contribution in [1.82, 2.24) is 4.90 Å². The predicted molar refractivity (Wildman–Crippen MR) is 62.6 cm³/mol. The molecule has 82 valence electrons. The Balaban J connectivity index is 2.30. The van der Waals surface area contributed by atoms with E-state index in [2.05, 4.69) is 29.8 Å². The van der Waals surface area contributed by atoms with Gasteiger partial charge in [-0.1, -0.05) is 29.8 Å². The largest absolute Gasteiger partial charge is 0.342 e. The third-order valence-electron chi connectivity index (χ3n) is 2.74. The van der Waals surface area contributed by atoms with E-state index < -0.39 is 0 Å². The Morgan fingerprint density at radius 3 is 2.86 bits per heavy atom. The number of rotatable bonds is 4. The Morgan fingerprint density at radius 1 is 1.57 bits per heavy atom. The smallest absolute Gasteiger partial charge is 0.222 e. The first-order chi connectivity index (χ1) is 6.63. The third kappa shape index (κ3) is 3.60. The first-order valence-corrected chi connectivity index (χ1v) is 6.59. The molecular formula is C11H20BrNO. The zero-order chi connectivity index (χ0) is 10.6. The van der Waals surface area contributed by atoms with E-state index in [0.717, 1.165) is 24.3 Å². The van der Waals surface area contributed by atoms with Gasteiger partial charge in [0.2, 0.25) is 5.91 Å². The Morgan fingerprint density at radius 2 is 2.29 bits per heavy atom. The topological polar surface area (TPSA) is 20.3 Å². The molecule has 0 N–H and O–H groups in total. The van der Waals surface area contributed by atoms with Gasteiger partial charge in [0.25, 0.3) is 0 Å². The van der Waals surface area contributed by atoms with Crippen LogP contribution in [0.15, 0.2) is 0 Å². The highest BCUT2D eigenvalue weighted by Gasteiger charge is 2.25. The van der Waals surface area contributed by atoms with Gasteiger partial charge in [0, 0.05) is 24.8 Å². The van der Waals surface area contributed by atoms with Gasteiger partial charge in [-0.25, -0.2) is 0 Å². The molecular weight excluding hydrogens is 242 g/mol. The monoisotopic (exact) mass is 261 g/mol. The maximum absolute atomic E-state index is 11.7. The van der Waals surface area contributed by atoms with E-state index in [9.17, 15) is 4.79 Å². The summed E-state index contributed by atoms with van der Waals surface area (Å²) in [7, 11) is 0. The summed E-state index contributed by atoms with van der Waals surface area (Å²) >= 11 is 3.45. The van der Waals surface area contributed by atoms with Crippen LogP contribution in [0.4, 0.5) is 0 Å². The molecule has 0 aliphatic carbocycles. The van der Waals surface area contributed by atoms with Crippen molar-refractivity contribution in [2.45, 2.75) is 33.1 Å². The lowest BCUT2D eigenvalue weighted by molar-refractivity contribution is -0.131. The van der Waals surface area contributed by atoms with Crippen LogP contribution in [0.2, 0.25) is 0 Å². The second-order valence-corrected chi connectivity index (χ2v) is 5.36.